The second-order valence-electron chi connectivity index (χ2n) is 8.95. The Hall–Kier alpha value is -2.61. The molecule has 2 aromatic rings. The summed E-state index contributed by atoms with van der Waals surface area (Å²) in [5.74, 6) is 1.41. The minimum absolute atomic E-state index is 0.0367. The first kappa shape index (κ1) is 21.2. The minimum Gasteiger partial charge on any atom is -0.355 e. The Labute approximate surface area is 192 Å². The zero-order chi connectivity index (χ0) is 21.9. The summed E-state index contributed by atoms with van der Waals surface area (Å²) in [5, 5.41) is 15.5. The number of nitrogens with zero attached hydrogens (tertiary/aromatic N) is 3. The van der Waals surface area contributed by atoms with E-state index in [0.29, 0.717) is 11.8 Å². The van der Waals surface area contributed by atoms with Crippen LogP contribution in [0.25, 0.3) is 0 Å². The third kappa shape index (κ3) is 5.23. The summed E-state index contributed by atoms with van der Waals surface area (Å²) in [4.78, 5) is 26.8. The van der Waals surface area contributed by atoms with E-state index in [9.17, 15) is 9.59 Å². The van der Waals surface area contributed by atoms with Crippen molar-refractivity contribution < 1.29 is 9.59 Å². The molecule has 32 heavy (non-hydrogen) atoms. The van der Waals surface area contributed by atoms with E-state index in [0.717, 1.165) is 68.1 Å². The quantitative estimate of drug-likeness (QED) is 0.629. The largest absolute Gasteiger partial charge is 0.355 e. The van der Waals surface area contributed by atoms with Crippen LogP contribution in [0.1, 0.15) is 43.2 Å². The number of hydrogen-bond donors (Lipinski definition) is 2. The van der Waals surface area contributed by atoms with Crippen molar-refractivity contribution in [2.45, 2.75) is 56.0 Å². The average molecular weight is 452 g/mol. The van der Waals surface area contributed by atoms with E-state index >= 15 is 0 Å². The third-order valence-electron chi connectivity index (χ3n) is 6.47. The lowest BCUT2D eigenvalue weighted by Crippen LogP contribution is -2.41. The lowest BCUT2D eigenvalue weighted by molar-refractivity contribution is -0.125. The first-order valence-corrected chi connectivity index (χ1v) is 12.6. The number of benzene rings is 1. The van der Waals surface area contributed by atoms with Gasteiger partial charge in [-0.05, 0) is 80.3 Å². The zero-order valence-corrected chi connectivity index (χ0v) is 19.0. The van der Waals surface area contributed by atoms with Gasteiger partial charge in [-0.25, -0.2) is 0 Å². The van der Waals surface area contributed by atoms with E-state index in [-0.39, 0.29) is 17.7 Å². The van der Waals surface area contributed by atoms with Gasteiger partial charge in [-0.1, -0.05) is 17.8 Å². The van der Waals surface area contributed by atoms with Gasteiger partial charge in [0.25, 0.3) is 0 Å². The Morgan fingerprint density at radius 2 is 1.81 bits per heavy atom. The molecule has 1 saturated carbocycles. The van der Waals surface area contributed by atoms with Crippen molar-refractivity contribution in [2.24, 2.45) is 5.92 Å². The van der Waals surface area contributed by atoms with Crippen molar-refractivity contribution in [3.63, 3.8) is 0 Å². The molecular formula is C24H29N5O2S. The highest BCUT2D eigenvalue weighted by atomic mass is 32.2. The molecule has 2 aliphatic carbocycles. The van der Waals surface area contributed by atoms with Gasteiger partial charge in [0, 0.05) is 30.7 Å². The summed E-state index contributed by atoms with van der Waals surface area (Å²) in [5.41, 5.74) is 3.62. The number of carbonyl (C=O) groups is 2. The highest BCUT2D eigenvalue weighted by Crippen LogP contribution is 2.27. The average Bonchev–Trinajstić information content (AvgIpc) is 3.51. The second kappa shape index (κ2) is 9.48. The number of rotatable bonds is 7. The van der Waals surface area contributed by atoms with Crippen molar-refractivity contribution in [3.05, 3.63) is 41.5 Å². The number of anilines is 2. The lowest BCUT2D eigenvalue weighted by Gasteiger charge is -2.31. The fourth-order valence-corrected chi connectivity index (χ4v) is 5.08. The molecule has 7 nitrogen and oxygen atoms in total. The molecular weight excluding hydrogens is 422 g/mol. The van der Waals surface area contributed by atoms with Gasteiger partial charge in [0.2, 0.25) is 11.8 Å². The molecule has 1 aromatic carbocycles. The molecule has 1 aliphatic heterocycles. The summed E-state index contributed by atoms with van der Waals surface area (Å²) in [6, 6.07) is 10.5. The van der Waals surface area contributed by atoms with E-state index in [1.165, 1.54) is 29.3 Å². The molecule has 0 radical (unpaired) electrons. The first-order valence-electron chi connectivity index (χ1n) is 11.6. The highest BCUT2D eigenvalue weighted by Gasteiger charge is 2.30. The van der Waals surface area contributed by atoms with Gasteiger partial charge < -0.3 is 15.5 Å². The van der Waals surface area contributed by atoms with E-state index < -0.39 is 0 Å². The van der Waals surface area contributed by atoms with Crippen LogP contribution in [0, 0.1) is 5.92 Å². The lowest BCUT2D eigenvalue weighted by atomic mass is 9.96. The van der Waals surface area contributed by atoms with Gasteiger partial charge >= 0.3 is 0 Å². The highest BCUT2D eigenvalue weighted by molar-refractivity contribution is 7.99. The number of hydrogen-bond acceptors (Lipinski definition) is 6. The SMILES string of the molecule is O=C(CSc1ccc(N2CCC(C(=O)NC3CC3)CC2)nn1)Nc1ccc2c(c1)CCC2. The molecule has 2 N–H and O–H groups in total. The summed E-state index contributed by atoms with van der Waals surface area (Å²) >= 11 is 1.39. The van der Waals surface area contributed by atoms with Gasteiger partial charge in [0.05, 0.1) is 5.75 Å². The molecule has 0 bridgehead atoms. The molecule has 1 saturated heterocycles. The Morgan fingerprint density at radius 3 is 2.56 bits per heavy atom. The van der Waals surface area contributed by atoms with Gasteiger partial charge in [-0.15, -0.1) is 10.2 Å². The van der Waals surface area contributed by atoms with Gasteiger partial charge in [-0.3, -0.25) is 9.59 Å². The molecule has 5 rings (SSSR count). The molecule has 0 unspecified atom stereocenters. The zero-order valence-electron chi connectivity index (χ0n) is 18.2. The molecule has 168 valence electrons. The van der Waals surface area contributed by atoms with Gasteiger partial charge in [0.15, 0.2) is 5.82 Å². The molecule has 8 heteroatoms. The Balaban J connectivity index is 1.07. The standard InChI is InChI=1S/C24H29N5O2S/c30-22(25-20-5-4-16-2-1-3-18(16)14-20)15-32-23-9-8-21(27-28-23)29-12-10-17(11-13-29)24(31)26-19-6-7-19/h4-5,8-9,14,17,19H,1-3,6-7,10-13,15H2,(H,25,30)(H,26,31). The van der Waals surface area contributed by atoms with Crippen LogP contribution in [0.4, 0.5) is 11.5 Å². The Morgan fingerprint density at radius 1 is 1.00 bits per heavy atom. The summed E-state index contributed by atoms with van der Waals surface area (Å²) in [6.45, 7) is 1.63. The maximum Gasteiger partial charge on any atom is 0.234 e. The van der Waals surface area contributed by atoms with Crippen molar-refractivity contribution >= 4 is 35.1 Å². The van der Waals surface area contributed by atoms with Gasteiger partial charge in [0.1, 0.15) is 5.03 Å². The summed E-state index contributed by atoms with van der Waals surface area (Å²) in [7, 11) is 0. The summed E-state index contributed by atoms with van der Waals surface area (Å²) in [6.07, 6.45) is 7.38. The van der Waals surface area contributed by atoms with E-state index in [1.54, 1.807) is 0 Å². The van der Waals surface area contributed by atoms with Crippen LogP contribution in [0.15, 0.2) is 35.4 Å². The Bertz CT molecular complexity index is 984. The van der Waals surface area contributed by atoms with Crippen molar-refractivity contribution in [3.8, 4) is 0 Å². The van der Waals surface area contributed by atoms with Crippen molar-refractivity contribution in [2.75, 3.05) is 29.1 Å². The minimum atomic E-state index is -0.0367. The number of nitrogens with one attached hydrogen (secondary N) is 2. The maximum atomic E-state index is 12.3. The van der Waals surface area contributed by atoms with Crippen molar-refractivity contribution in [1.82, 2.24) is 15.5 Å². The third-order valence-corrected chi connectivity index (χ3v) is 7.39. The molecule has 3 aliphatic rings. The number of aromatic nitrogens is 2. The molecule has 2 fully saturated rings. The number of fused-ring (bicyclic) bond motifs is 1. The molecule has 1 aromatic heterocycles. The van der Waals surface area contributed by atoms with Crippen LogP contribution < -0.4 is 15.5 Å². The van der Waals surface area contributed by atoms with Crippen LogP contribution in [0.5, 0.6) is 0 Å². The van der Waals surface area contributed by atoms with Crippen LogP contribution in [0.2, 0.25) is 0 Å². The molecule has 0 atom stereocenters. The predicted molar refractivity (Wildman–Crippen MR) is 126 cm³/mol. The van der Waals surface area contributed by atoms with Crippen LogP contribution >= 0.6 is 11.8 Å². The topological polar surface area (TPSA) is 87.2 Å². The fraction of sp³-hybridized carbons (Fsp3) is 0.500. The first-order chi connectivity index (χ1) is 15.6. The predicted octanol–water partition coefficient (Wildman–Crippen LogP) is 3.19. The number of thioether (sulfide) groups is 1. The van der Waals surface area contributed by atoms with E-state index in [2.05, 4.69) is 37.9 Å². The number of amides is 2. The van der Waals surface area contributed by atoms with Crippen molar-refractivity contribution in [1.29, 1.82) is 0 Å². The summed E-state index contributed by atoms with van der Waals surface area (Å²) < 4.78 is 0. The number of aryl methyl sites for hydroxylation is 2. The number of piperidine rings is 1. The number of carbonyl (C=O) groups excluding carboxylic acids is 2. The molecule has 2 amide bonds. The molecule has 2 heterocycles. The Kier molecular flexibility index (Phi) is 6.30. The van der Waals surface area contributed by atoms with Gasteiger partial charge in [-0.2, -0.15) is 0 Å². The van der Waals surface area contributed by atoms with Crippen LogP contribution in [-0.2, 0) is 22.4 Å². The normalized spacial score (nSPS) is 18.3. The maximum absolute atomic E-state index is 12.3. The fourth-order valence-electron chi connectivity index (χ4n) is 4.46. The van der Waals surface area contributed by atoms with E-state index in [4.69, 9.17) is 0 Å². The van der Waals surface area contributed by atoms with E-state index in [1.807, 2.05) is 18.2 Å². The molecule has 0 spiro atoms. The smallest absolute Gasteiger partial charge is 0.234 e. The van der Waals surface area contributed by atoms with Crippen LogP contribution in [-0.4, -0.2) is 46.9 Å². The van der Waals surface area contributed by atoms with Crippen LogP contribution in [0.3, 0.4) is 0 Å². The monoisotopic (exact) mass is 451 g/mol. The second-order valence-corrected chi connectivity index (χ2v) is 9.94.